The Hall–Kier alpha value is -1.49. The van der Waals surface area contributed by atoms with Crippen LogP contribution in [-0.4, -0.2) is 7.11 Å². The lowest BCUT2D eigenvalue weighted by Gasteiger charge is -2.35. The van der Waals surface area contributed by atoms with E-state index < -0.39 is 0 Å². The summed E-state index contributed by atoms with van der Waals surface area (Å²) < 4.78 is 5.48. The van der Waals surface area contributed by atoms with Crippen LogP contribution in [-0.2, 0) is 6.42 Å². The van der Waals surface area contributed by atoms with Gasteiger partial charge in [0, 0.05) is 0 Å². The van der Waals surface area contributed by atoms with Crippen LogP contribution in [0.5, 0.6) is 5.75 Å². The molecular weight excluding hydrogens is 210 g/mol. The van der Waals surface area contributed by atoms with Gasteiger partial charge in [-0.1, -0.05) is 24.1 Å². The predicted molar refractivity (Wildman–Crippen MR) is 68.1 cm³/mol. The summed E-state index contributed by atoms with van der Waals surface area (Å²) in [5.74, 6) is 0.956. The van der Waals surface area contributed by atoms with Crippen LogP contribution in [0.15, 0.2) is 12.1 Å². The van der Waals surface area contributed by atoms with Gasteiger partial charge in [0.25, 0.3) is 0 Å². The number of nitriles is 1. The maximum Gasteiger partial charge on any atom is 0.125 e. The van der Waals surface area contributed by atoms with Gasteiger partial charge in [0.1, 0.15) is 5.75 Å². The Morgan fingerprint density at radius 3 is 2.53 bits per heavy atom. The number of nitrogens with zero attached hydrogens (tertiary/aromatic N) is 1. The van der Waals surface area contributed by atoms with Crippen molar-refractivity contribution in [1.82, 2.24) is 0 Å². The van der Waals surface area contributed by atoms with Crippen LogP contribution in [0.4, 0.5) is 0 Å². The lowest BCUT2D eigenvalue weighted by atomic mass is 9.66. The lowest BCUT2D eigenvalue weighted by molar-refractivity contribution is 0.212. The number of hydrogen-bond donors (Lipinski definition) is 0. The molecule has 1 aliphatic carbocycles. The molecule has 0 aliphatic heterocycles. The van der Waals surface area contributed by atoms with Gasteiger partial charge in [-0.05, 0) is 44.2 Å². The Morgan fingerprint density at radius 1 is 1.35 bits per heavy atom. The van der Waals surface area contributed by atoms with Crippen molar-refractivity contribution in [2.45, 2.75) is 39.5 Å². The third-order valence-corrected chi connectivity index (χ3v) is 3.78. The number of benzene rings is 1. The molecule has 0 unspecified atom stereocenters. The Balaban J connectivity index is 2.35. The molecule has 2 heteroatoms. The summed E-state index contributed by atoms with van der Waals surface area (Å²) >= 11 is 0. The normalized spacial score (nSPS) is 17.1. The van der Waals surface area contributed by atoms with Crippen LogP contribution >= 0.6 is 0 Å². The van der Waals surface area contributed by atoms with E-state index in [0.29, 0.717) is 0 Å². The largest absolute Gasteiger partial charge is 0.496 e. The van der Waals surface area contributed by atoms with Crippen molar-refractivity contribution in [2.75, 3.05) is 7.11 Å². The average Bonchev–Trinajstić information content (AvgIpc) is 2.23. The Labute approximate surface area is 103 Å². The van der Waals surface area contributed by atoms with Crippen molar-refractivity contribution in [3.05, 3.63) is 28.8 Å². The van der Waals surface area contributed by atoms with E-state index in [1.54, 1.807) is 7.11 Å². The highest BCUT2D eigenvalue weighted by molar-refractivity contribution is 5.45. The molecule has 2 nitrogen and oxygen atoms in total. The molecule has 1 aromatic carbocycles. The molecule has 1 saturated carbocycles. The van der Waals surface area contributed by atoms with Crippen molar-refractivity contribution in [2.24, 2.45) is 5.41 Å². The molecule has 17 heavy (non-hydrogen) atoms. The van der Waals surface area contributed by atoms with Crippen LogP contribution in [0.3, 0.4) is 0 Å². The summed E-state index contributed by atoms with van der Waals surface area (Å²) in [7, 11) is 1.71. The SMILES string of the molecule is COc1c(C)cc(C)cc1CC1(C#N)CCC1. The highest BCUT2D eigenvalue weighted by Crippen LogP contribution is 2.44. The number of rotatable bonds is 3. The number of ether oxygens (including phenoxy) is 1. The van der Waals surface area contributed by atoms with Gasteiger partial charge in [0.05, 0.1) is 18.6 Å². The van der Waals surface area contributed by atoms with Gasteiger partial charge in [-0.15, -0.1) is 0 Å². The third-order valence-electron chi connectivity index (χ3n) is 3.78. The molecule has 0 atom stereocenters. The van der Waals surface area contributed by atoms with Gasteiger partial charge in [-0.3, -0.25) is 0 Å². The lowest BCUT2D eigenvalue weighted by Crippen LogP contribution is -2.30. The molecule has 1 aromatic rings. The maximum atomic E-state index is 9.31. The highest BCUT2D eigenvalue weighted by atomic mass is 16.5. The molecule has 90 valence electrons. The Bertz CT molecular complexity index is 467. The van der Waals surface area contributed by atoms with E-state index in [4.69, 9.17) is 4.74 Å². The second kappa shape index (κ2) is 4.41. The van der Waals surface area contributed by atoms with Gasteiger partial charge in [0.2, 0.25) is 0 Å². The van der Waals surface area contributed by atoms with E-state index in [-0.39, 0.29) is 5.41 Å². The monoisotopic (exact) mass is 229 g/mol. The summed E-state index contributed by atoms with van der Waals surface area (Å²) in [5, 5.41) is 9.31. The van der Waals surface area contributed by atoms with Crippen LogP contribution in [0.25, 0.3) is 0 Å². The summed E-state index contributed by atoms with van der Waals surface area (Å²) in [6, 6.07) is 6.78. The second-order valence-electron chi connectivity index (χ2n) is 5.20. The van der Waals surface area contributed by atoms with Gasteiger partial charge in [-0.2, -0.15) is 5.26 Å². The molecule has 0 aromatic heterocycles. The minimum absolute atomic E-state index is 0.131. The third kappa shape index (κ3) is 2.15. The maximum absolute atomic E-state index is 9.31. The summed E-state index contributed by atoms with van der Waals surface area (Å²) in [4.78, 5) is 0. The molecule has 0 saturated heterocycles. The zero-order chi connectivity index (χ0) is 12.5. The molecule has 0 amide bonds. The van der Waals surface area contributed by atoms with Crippen molar-refractivity contribution >= 4 is 0 Å². The van der Waals surface area contributed by atoms with Crippen molar-refractivity contribution < 1.29 is 4.74 Å². The van der Waals surface area contributed by atoms with Gasteiger partial charge >= 0.3 is 0 Å². The first kappa shape index (κ1) is 12.0. The predicted octanol–water partition coefficient (Wildman–Crippen LogP) is 3.55. The van der Waals surface area contributed by atoms with Gasteiger partial charge in [0.15, 0.2) is 0 Å². The molecule has 1 fully saturated rings. The van der Waals surface area contributed by atoms with Crippen molar-refractivity contribution in [1.29, 1.82) is 5.26 Å². The van der Waals surface area contributed by atoms with Crippen LogP contribution < -0.4 is 4.74 Å². The quantitative estimate of drug-likeness (QED) is 0.794. The first-order valence-corrected chi connectivity index (χ1v) is 6.15. The molecule has 0 bridgehead atoms. The van der Waals surface area contributed by atoms with Crippen LogP contribution in [0.2, 0.25) is 0 Å². The summed E-state index contributed by atoms with van der Waals surface area (Å²) in [6.07, 6.45) is 4.06. The van der Waals surface area contributed by atoms with Crippen LogP contribution in [0, 0.1) is 30.6 Å². The van der Waals surface area contributed by atoms with Gasteiger partial charge < -0.3 is 4.74 Å². The van der Waals surface area contributed by atoms with Gasteiger partial charge in [-0.25, -0.2) is 0 Å². The standard InChI is InChI=1S/C15H19NO/c1-11-7-12(2)14(17-3)13(8-11)9-15(10-16)5-4-6-15/h7-8H,4-6,9H2,1-3H3. The molecular formula is C15H19NO. The van der Waals surface area contributed by atoms with Crippen molar-refractivity contribution in [3.63, 3.8) is 0 Å². The average molecular weight is 229 g/mol. The Kier molecular flexibility index (Phi) is 3.11. The zero-order valence-electron chi connectivity index (χ0n) is 10.8. The fourth-order valence-electron chi connectivity index (χ4n) is 2.76. The fraction of sp³-hybridized carbons (Fsp3) is 0.533. The second-order valence-corrected chi connectivity index (χ2v) is 5.20. The molecule has 0 N–H and O–H groups in total. The van der Waals surface area contributed by atoms with Crippen LogP contribution in [0.1, 0.15) is 36.0 Å². The van der Waals surface area contributed by atoms with E-state index in [1.807, 2.05) is 0 Å². The summed E-state index contributed by atoms with van der Waals surface area (Å²) in [5.41, 5.74) is 3.46. The first-order valence-electron chi connectivity index (χ1n) is 6.15. The minimum atomic E-state index is -0.131. The molecule has 0 heterocycles. The van der Waals surface area contributed by atoms with E-state index >= 15 is 0 Å². The molecule has 2 rings (SSSR count). The fourth-order valence-corrected chi connectivity index (χ4v) is 2.76. The molecule has 1 aliphatic rings. The number of aryl methyl sites for hydroxylation is 2. The van der Waals surface area contributed by atoms with E-state index in [1.165, 1.54) is 17.5 Å². The van der Waals surface area contributed by atoms with E-state index in [2.05, 4.69) is 32.0 Å². The topological polar surface area (TPSA) is 33.0 Å². The first-order chi connectivity index (χ1) is 8.10. The summed E-state index contributed by atoms with van der Waals surface area (Å²) in [6.45, 7) is 4.16. The van der Waals surface area contributed by atoms with E-state index in [0.717, 1.165) is 30.6 Å². The molecule has 0 spiro atoms. The van der Waals surface area contributed by atoms with E-state index in [9.17, 15) is 5.26 Å². The number of hydrogen-bond acceptors (Lipinski definition) is 2. The smallest absolute Gasteiger partial charge is 0.125 e. The number of methoxy groups -OCH3 is 1. The highest BCUT2D eigenvalue weighted by Gasteiger charge is 2.38. The Morgan fingerprint density at radius 2 is 2.06 bits per heavy atom. The van der Waals surface area contributed by atoms with Crippen molar-refractivity contribution in [3.8, 4) is 11.8 Å². The molecule has 0 radical (unpaired) electrons. The minimum Gasteiger partial charge on any atom is -0.496 e. The zero-order valence-corrected chi connectivity index (χ0v) is 10.8.